The van der Waals surface area contributed by atoms with Crippen LogP contribution in [0.25, 0.3) is 6.08 Å². The molecule has 0 spiro atoms. The van der Waals surface area contributed by atoms with Gasteiger partial charge in [0.1, 0.15) is 5.57 Å². The molecular weight excluding hydrogens is 430 g/mol. The topological polar surface area (TPSA) is 52.7 Å². The van der Waals surface area contributed by atoms with Crippen LogP contribution in [0.5, 0.6) is 0 Å². The Bertz CT molecular complexity index is 1170. The predicted octanol–water partition coefficient (Wildman–Crippen LogP) is 5.19. The van der Waals surface area contributed by atoms with E-state index in [9.17, 15) is 9.59 Å². The van der Waals surface area contributed by atoms with Gasteiger partial charge in [0.25, 0.3) is 11.8 Å². The number of hydrogen-bond acceptors (Lipinski definition) is 4. The van der Waals surface area contributed by atoms with Crippen molar-refractivity contribution in [1.82, 2.24) is 5.32 Å². The number of rotatable bonds is 4. The SMILES string of the molecule is CCc1ccccc1N1C(=O)/C(=C\c2ccc3c(c2)C(C)CC(C)(C)N3CC)C(=O)NC1=S. The number of nitrogens with one attached hydrogen (secondary N) is 1. The van der Waals surface area contributed by atoms with E-state index in [0.29, 0.717) is 11.6 Å². The highest BCUT2D eigenvalue weighted by atomic mass is 32.1. The molecule has 1 saturated heterocycles. The number of hydrogen-bond donors (Lipinski definition) is 1. The summed E-state index contributed by atoms with van der Waals surface area (Å²) in [4.78, 5) is 30.1. The van der Waals surface area contributed by atoms with Crippen LogP contribution in [0.2, 0.25) is 0 Å². The molecule has 2 amide bonds. The number of nitrogens with zero attached hydrogens (tertiary/aromatic N) is 2. The van der Waals surface area contributed by atoms with Crippen molar-refractivity contribution >= 4 is 46.6 Å². The molecular formula is C27H31N3O2S. The Morgan fingerprint density at radius 2 is 1.85 bits per heavy atom. The van der Waals surface area contributed by atoms with Crippen LogP contribution in [-0.4, -0.2) is 29.0 Å². The van der Waals surface area contributed by atoms with Gasteiger partial charge in [-0.2, -0.15) is 0 Å². The second-order valence-corrected chi connectivity index (χ2v) is 9.81. The van der Waals surface area contributed by atoms with Crippen molar-refractivity contribution < 1.29 is 9.59 Å². The molecule has 2 aliphatic rings. The molecule has 1 atom stereocenters. The molecule has 172 valence electrons. The fraction of sp³-hybridized carbons (Fsp3) is 0.370. The zero-order valence-electron chi connectivity index (χ0n) is 19.9. The third-order valence-electron chi connectivity index (χ3n) is 6.75. The lowest BCUT2D eigenvalue weighted by Gasteiger charge is -2.47. The number of thiocarbonyl (C=S) groups is 1. The van der Waals surface area contributed by atoms with Crippen molar-refractivity contribution in [3.63, 3.8) is 0 Å². The smallest absolute Gasteiger partial charge is 0.270 e. The summed E-state index contributed by atoms with van der Waals surface area (Å²) in [5.41, 5.74) is 5.19. The van der Waals surface area contributed by atoms with Gasteiger partial charge in [-0.15, -0.1) is 0 Å². The first-order valence-corrected chi connectivity index (χ1v) is 12.0. The third kappa shape index (κ3) is 4.08. The lowest BCUT2D eigenvalue weighted by molar-refractivity contribution is -0.122. The van der Waals surface area contributed by atoms with Gasteiger partial charge in [0.05, 0.1) is 5.69 Å². The molecule has 5 nitrogen and oxygen atoms in total. The van der Waals surface area contributed by atoms with Gasteiger partial charge >= 0.3 is 0 Å². The molecule has 2 aromatic rings. The Morgan fingerprint density at radius 3 is 2.55 bits per heavy atom. The van der Waals surface area contributed by atoms with E-state index in [1.54, 1.807) is 6.08 Å². The second kappa shape index (κ2) is 8.75. The van der Waals surface area contributed by atoms with Gasteiger partial charge in [0, 0.05) is 17.8 Å². The van der Waals surface area contributed by atoms with Crippen molar-refractivity contribution in [1.29, 1.82) is 0 Å². The zero-order valence-corrected chi connectivity index (χ0v) is 20.8. The molecule has 0 bridgehead atoms. The van der Waals surface area contributed by atoms with Gasteiger partial charge in [0.2, 0.25) is 0 Å². The fourth-order valence-electron chi connectivity index (χ4n) is 5.27. The summed E-state index contributed by atoms with van der Waals surface area (Å²) in [5.74, 6) is -0.475. The molecule has 2 aromatic carbocycles. The summed E-state index contributed by atoms with van der Waals surface area (Å²) in [5, 5.41) is 2.81. The monoisotopic (exact) mass is 461 g/mol. The number of benzene rings is 2. The van der Waals surface area contributed by atoms with Crippen LogP contribution in [0.1, 0.15) is 63.6 Å². The summed E-state index contributed by atoms with van der Waals surface area (Å²) in [7, 11) is 0. The highest BCUT2D eigenvalue weighted by molar-refractivity contribution is 7.80. The maximum absolute atomic E-state index is 13.5. The van der Waals surface area contributed by atoms with Crippen LogP contribution in [-0.2, 0) is 16.0 Å². The average Bonchev–Trinajstić information content (AvgIpc) is 2.77. The normalized spacial score (nSPS) is 21.3. The Hall–Kier alpha value is -2.99. The van der Waals surface area contributed by atoms with Crippen molar-refractivity contribution in [3.8, 4) is 0 Å². The van der Waals surface area contributed by atoms with Gasteiger partial charge in [-0.25, -0.2) is 0 Å². The van der Waals surface area contributed by atoms with Gasteiger partial charge in [-0.3, -0.25) is 19.8 Å². The highest BCUT2D eigenvalue weighted by Gasteiger charge is 2.37. The standard InChI is InChI=1S/C27H31N3O2S/c1-6-19-10-8-9-11-22(19)30-25(32)21(24(31)28-26(30)33)15-18-12-13-23-20(14-18)17(3)16-27(4,5)29(23)7-2/h8-15,17H,6-7,16H2,1-5H3,(H,28,31,33)/b21-15-. The van der Waals surface area contributed by atoms with Crippen molar-refractivity contribution in [2.24, 2.45) is 0 Å². The molecule has 1 fully saturated rings. The number of fused-ring (bicyclic) bond motifs is 1. The quantitative estimate of drug-likeness (QED) is 0.387. The maximum Gasteiger partial charge on any atom is 0.270 e. The van der Waals surface area contributed by atoms with Crippen LogP contribution in [0.3, 0.4) is 0 Å². The third-order valence-corrected chi connectivity index (χ3v) is 7.04. The number of anilines is 2. The first-order valence-electron chi connectivity index (χ1n) is 11.6. The van der Waals surface area contributed by atoms with E-state index in [1.807, 2.05) is 37.3 Å². The van der Waals surface area contributed by atoms with Gasteiger partial charge in [-0.1, -0.05) is 38.1 Å². The molecule has 0 radical (unpaired) electrons. The maximum atomic E-state index is 13.5. The van der Waals surface area contributed by atoms with Crippen molar-refractivity contribution in [2.45, 2.75) is 58.9 Å². The summed E-state index contributed by atoms with van der Waals surface area (Å²) in [6.07, 6.45) is 3.48. The Labute approximate surface area is 201 Å². The molecule has 6 heteroatoms. The molecule has 0 aromatic heterocycles. The second-order valence-electron chi connectivity index (χ2n) is 9.42. The van der Waals surface area contributed by atoms with E-state index in [4.69, 9.17) is 12.2 Å². The molecule has 33 heavy (non-hydrogen) atoms. The minimum Gasteiger partial charge on any atom is -0.366 e. The fourth-order valence-corrected chi connectivity index (χ4v) is 5.54. The van der Waals surface area contributed by atoms with E-state index in [-0.39, 0.29) is 16.2 Å². The lowest BCUT2D eigenvalue weighted by atomic mass is 9.79. The first kappa shape index (κ1) is 23.2. The molecule has 2 heterocycles. The summed E-state index contributed by atoms with van der Waals surface area (Å²) in [6, 6.07) is 13.8. The number of carbonyl (C=O) groups is 2. The minimum absolute atomic E-state index is 0.0865. The molecule has 0 aliphatic carbocycles. The van der Waals surface area contributed by atoms with Gasteiger partial charge < -0.3 is 4.90 Å². The number of amides is 2. The van der Waals surface area contributed by atoms with Crippen molar-refractivity contribution in [3.05, 3.63) is 64.7 Å². The van der Waals surface area contributed by atoms with Gasteiger partial charge in [-0.05, 0) is 92.7 Å². The Balaban J connectivity index is 1.74. The Morgan fingerprint density at radius 1 is 1.12 bits per heavy atom. The largest absolute Gasteiger partial charge is 0.366 e. The molecule has 0 saturated carbocycles. The summed E-state index contributed by atoms with van der Waals surface area (Å²) < 4.78 is 0. The van der Waals surface area contributed by atoms with Gasteiger partial charge in [0.15, 0.2) is 5.11 Å². The van der Waals surface area contributed by atoms with Crippen molar-refractivity contribution in [2.75, 3.05) is 16.3 Å². The highest BCUT2D eigenvalue weighted by Crippen LogP contribution is 2.43. The van der Waals surface area contributed by atoms with Crippen LogP contribution < -0.4 is 15.1 Å². The number of carbonyl (C=O) groups excluding carboxylic acids is 2. The van der Waals surface area contributed by atoms with E-state index in [1.165, 1.54) is 16.2 Å². The summed E-state index contributed by atoms with van der Waals surface area (Å²) >= 11 is 5.37. The average molecular weight is 462 g/mol. The van der Waals surface area contributed by atoms with E-state index >= 15 is 0 Å². The van der Waals surface area contributed by atoms with Crippen LogP contribution in [0, 0.1) is 0 Å². The first-order chi connectivity index (χ1) is 15.7. The van der Waals surface area contributed by atoms with Crippen LogP contribution in [0.15, 0.2) is 48.0 Å². The van der Waals surface area contributed by atoms with E-state index < -0.39 is 11.8 Å². The zero-order chi connectivity index (χ0) is 23.9. The molecule has 2 aliphatic heterocycles. The van der Waals surface area contributed by atoms with E-state index in [0.717, 1.165) is 30.5 Å². The van der Waals surface area contributed by atoms with Crippen LogP contribution >= 0.6 is 12.2 Å². The minimum atomic E-state index is -0.461. The predicted molar refractivity (Wildman–Crippen MR) is 139 cm³/mol. The lowest BCUT2D eigenvalue weighted by Crippen LogP contribution is -2.54. The molecule has 1 N–H and O–H groups in total. The Kier molecular flexibility index (Phi) is 6.14. The number of para-hydroxylation sites is 1. The number of aryl methyl sites for hydroxylation is 1. The molecule has 1 unspecified atom stereocenters. The van der Waals surface area contributed by atoms with Crippen LogP contribution in [0.4, 0.5) is 11.4 Å². The molecule has 4 rings (SSSR count). The van der Waals surface area contributed by atoms with E-state index in [2.05, 4.69) is 50.0 Å². The summed E-state index contributed by atoms with van der Waals surface area (Å²) in [6.45, 7) is 11.9.